The largest absolute Gasteiger partial charge is 0.340 e. The van der Waals surface area contributed by atoms with Crippen molar-refractivity contribution in [2.75, 3.05) is 14.1 Å². The third kappa shape index (κ3) is 3.95. The molecule has 0 heterocycles. The van der Waals surface area contributed by atoms with Crippen LogP contribution in [-0.2, 0) is 0 Å². The first kappa shape index (κ1) is 13.2. The van der Waals surface area contributed by atoms with Crippen LogP contribution in [0.2, 0.25) is 0 Å². The predicted molar refractivity (Wildman–Crippen MR) is 64.6 cm³/mol. The lowest BCUT2D eigenvalue weighted by Gasteiger charge is -2.29. The first-order valence-electron chi connectivity index (χ1n) is 5.14. The predicted octanol–water partition coefficient (Wildman–Crippen LogP) is 3.16. The molecule has 0 aromatic carbocycles. The molecule has 0 aliphatic heterocycles. The van der Waals surface area contributed by atoms with Crippen LogP contribution in [-0.4, -0.2) is 24.8 Å². The molecule has 0 aromatic rings. The first-order chi connectivity index (χ1) is 6.32. The second-order valence-corrected chi connectivity index (χ2v) is 4.90. The van der Waals surface area contributed by atoms with Crippen molar-refractivity contribution in [1.29, 1.82) is 0 Å². The summed E-state index contributed by atoms with van der Waals surface area (Å²) in [6, 6.07) is 0. The van der Waals surface area contributed by atoms with E-state index >= 15 is 0 Å². The third-order valence-corrected chi connectivity index (χ3v) is 2.91. The molecule has 0 aliphatic carbocycles. The van der Waals surface area contributed by atoms with Gasteiger partial charge in [0.25, 0.3) is 0 Å². The fourth-order valence-corrected chi connectivity index (χ4v) is 1.08. The highest BCUT2D eigenvalue weighted by atomic mass is 15.1. The Labute approximate surface area is 88.7 Å². The third-order valence-electron chi connectivity index (χ3n) is 2.91. The Hall–Kier alpha value is -0.790. The summed E-state index contributed by atoms with van der Waals surface area (Å²) in [5, 5.41) is 0. The van der Waals surface area contributed by atoms with Crippen LogP contribution in [0.15, 0.2) is 17.8 Å². The average Bonchev–Trinajstić information content (AvgIpc) is 2.10. The van der Waals surface area contributed by atoms with Crippen LogP contribution >= 0.6 is 0 Å². The topological polar surface area (TPSA) is 15.6 Å². The molecule has 0 fully saturated rings. The molecular weight excluding hydrogens is 172 g/mol. The van der Waals surface area contributed by atoms with Gasteiger partial charge in [0.1, 0.15) is 5.84 Å². The minimum atomic E-state index is 0.331. The smallest absolute Gasteiger partial charge is 0.102 e. The van der Waals surface area contributed by atoms with Gasteiger partial charge in [0.15, 0.2) is 0 Å². The molecule has 82 valence electrons. The van der Waals surface area contributed by atoms with E-state index in [0.717, 1.165) is 12.3 Å². The van der Waals surface area contributed by atoms with Gasteiger partial charge in [-0.15, -0.1) is 0 Å². The SMILES string of the molecule is C=CN(C)C(CC(C)C(C)(C)C)=NC. The molecule has 0 radical (unpaired) electrons. The van der Waals surface area contributed by atoms with Crippen molar-refractivity contribution >= 4 is 5.84 Å². The minimum absolute atomic E-state index is 0.331. The van der Waals surface area contributed by atoms with Crippen molar-refractivity contribution in [3.05, 3.63) is 12.8 Å². The van der Waals surface area contributed by atoms with Crippen LogP contribution in [0.4, 0.5) is 0 Å². The molecule has 0 bridgehead atoms. The zero-order valence-electron chi connectivity index (χ0n) is 10.5. The zero-order valence-corrected chi connectivity index (χ0v) is 10.5. The molecule has 0 saturated carbocycles. The van der Waals surface area contributed by atoms with Crippen LogP contribution in [0.5, 0.6) is 0 Å². The van der Waals surface area contributed by atoms with E-state index in [2.05, 4.69) is 39.3 Å². The summed E-state index contributed by atoms with van der Waals surface area (Å²) < 4.78 is 0. The van der Waals surface area contributed by atoms with Gasteiger partial charge in [-0.05, 0) is 17.5 Å². The maximum absolute atomic E-state index is 4.28. The Morgan fingerprint density at radius 1 is 1.50 bits per heavy atom. The molecule has 14 heavy (non-hydrogen) atoms. The Kier molecular flexibility index (Phi) is 4.89. The fourth-order valence-electron chi connectivity index (χ4n) is 1.08. The van der Waals surface area contributed by atoms with Gasteiger partial charge in [-0.3, -0.25) is 4.99 Å². The Morgan fingerprint density at radius 2 is 2.00 bits per heavy atom. The number of nitrogens with zero attached hydrogens (tertiary/aromatic N) is 2. The number of hydrogen-bond acceptors (Lipinski definition) is 1. The standard InChI is InChI=1S/C12H24N2/c1-8-14(7)11(13-6)9-10(2)12(3,4)5/h8,10H,1,9H2,2-7H3. The van der Waals surface area contributed by atoms with Gasteiger partial charge in [-0.2, -0.15) is 0 Å². The molecule has 0 rings (SSSR count). The van der Waals surface area contributed by atoms with E-state index in [0.29, 0.717) is 11.3 Å². The van der Waals surface area contributed by atoms with Gasteiger partial charge >= 0.3 is 0 Å². The Balaban J connectivity index is 4.42. The second-order valence-electron chi connectivity index (χ2n) is 4.90. The highest BCUT2D eigenvalue weighted by Crippen LogP contribution is 2.28. The summed E-state index contributed by atoms with van der Waals surface area (Å²) >= 11 is 0. The van der Waals surface area contributed by atoms with Crippen LogP contribution in [0.3, 0.4) is 0 Å². The lowest BCUT2D eigenvalue weighted by molar-refractivity contribution is 0.265. The van der Waals surface area contributed by atoms with E-state index in [9.17, 15) is 0 Å². The number of aliphatic imine (C=N–C) groups is 1. The summed E-state index contributed by atoms with van der Waals surface area (Å²) in [5.41, 5.74) is 0.331. The molecule has 2 heteroatoms. The van der Waals surface area contributed by atoms with Crippen LogP contribution in [0, 0.1) is 11.3 Å². The maximum atomic E-state index is 4.28. The highest BCUT2D eigenvalue weighted by molar-refractivity contribution is 5.83. The van der Waals surface area contributed by atoms with Crippen molar-refractivity contribution in [1.82, 2.24) is 4.90 Å². The zero-order chi connectivity index (χ0) is 11.4. The van der Waals surface area contributed by atoms with Gasteiger partial charge in [0.05, 0.1) is 0 Å². The second kappa shape index (κ2) is 5.18. The van der Waals surface area contributed by atoms with Crippen molar-refractivity contribution in [2.45, 2.75) is 34.1 Å². The Bertz CT molecular complexity index is 211. The van der Waals surface area contributed by atoms with E-state index in [1.54, 1.807) is 6.20 Å². The molecule has 1 unspecified atom stereocenters. The normalized spacial score (nSPS) is 15.1. The van der Waals surface area contributed by atoms with Gasteiger partial charge in [0.2, 0.25) is 0 Å². The van der Waals surface area contributed by atoms with Crippen molar-refractivity contribution in [3.8, 4) is 0 Å². The molecule has 0 aliphatic rings. The van der Waals surface area contributed by atoms with Gasteiger partial charge < -0.3 is 4.90 Å². The number of rotatable bonds is 3. The summed E-state index contributed by atoms with van der Waals surface area (Å²) in [5.74, 6) is 1.71. The minimum Gasteiger partial charge on any atom is -0.340 e. The first-order valence-corrected chi connectivity index (χ1v) is 5.14. The summed E-state index contributed by atoms with van der Waals surface area (Å²) in [4.78, 5) is 6.27. The lowest BCUT2D eigenvalue weighted by atomic mass is 9.80. The van der Waals surface area contributed by atoms with E-state index in [4.69, 9.17) is 0 Å². The van der Waals surface area contributed by atoms with Crippen LogP contribution < -0.4 is 0 Å². The van der Waals surface area contributed by atoms with E-state index < -0.39 is 0 Å². The van der Waals surface area contributed by atoms with Gasteiger partial charge in [-0.1, -0.05) is 34.3 Å². The monoisotopic (exact) mass is 196 g/mol. The van der Waals surface area contributed by atoms with Crippen LogP contribution in [0.1, 0.15) is 34.1 Å². The Morgan fingerprint density at radius 3 is 2.29 bits per heavy atom. The summed E-state index contributed by atoms with van der Waals surface area (Å²) in [6.07, 6.45) is 2.81. The van der Waals surface area contributed by atoms with E-state index in [1.165, 1.54) is 0 Å². The molecule has 0 N–H and O–H groups in total. The molecule has 0 saturated heterocycles. The maximum Gasteiger partial charge on any atom is 0.102 e. The fraction of sp³-hybridized carbons (Fsp3) is 0.750. The van der Waals surface area contributed by atoms with Gasteiger partial charge in [0, 0.05) is 20.5 Å². The quantitative estimate of drug-likeness (QED) is 0.500. The molecule has 1 atom stereocenters. The molecule has 0 spiro atoms. The highest BCUT2D eigenvalue weighted by Gasteiger charge is 2.22. The van der Waals surface area contributed by atoms with E-state index in [1.807, 2.05) is 19.0 Å². The van der Waals surface area contributed by atoms with Crippen LogP contribution in [0.25, 0.3) is 0 Å². The lowest BCUT2D eigenvalue weighted by Crippen LogP contribution is -2.27. The molecule has 0 amide bonds. The molecular formula is C12H24N2. The van der Waals surface area contributed by atoms with Gasteiger partial charge in [-0.25, -0.2) is 0 Å². The molecule has 2 nitrogen and oxygen atoms in total. The van der Waals surface area contributed by atoms with E-state index in [-0.39, 0.29) is 0 Å². The molecule has 0 aromatic heterocycles. The van der Waals surface area contributed by atoms with Crippen molar-refractivity contribution in [2.24, 2.45) is 16.3 Å². The van der Waals surface area contributed by atoms with Crippen molar-refractivity contribution in [3.63, 3.8) is 0 Å². The summed E-state index contributed by atoms with van der Waals surface area (Å²) in [7, 11) is 3.83. The average molecular weight is 196 g/mol. The number of amidine groups is 1. The summed E-state index contributed by atoms with van der Waals surface area (Å²) in [6.45, 7) is 12.8. The number of hydrogen-bond donors (Lipinski definition) is 0. The van der Waals surface area contributed by atoms with Crippen molar-refractivity contribution < 1.29 is 0 Å².